The maximum absolute atomic E-state index is 11.7. The van der Waals surface area contributed by atoms with E-state index in [-0.39, 0.29) is 22.7 Å². The Hall–Kier alpha value is -2.28. The van der Waals surface area contributed by atoms with Gasteiger partial charge in [-0.05, 0) is 24.3 Å². The van der Waals surface area contributed by atoms with Gasteiger partial charge in [-0.15, -0.1) is 0 Å². The molecule has 0 radical (unpaired) electrons. The third kappa shape index (κ3) is 2.94. The second-order valence-electron chi connectivity index (χ2n) is 3.35. The van der Waals surface area contributed by atoms with E-state index in [1.54, 1.807) is 12.1 Å². The van der Waals surface area contributed by atoms with Crippen LogP contribution in [0.3, 0.4) is 0 Å². The minimum atomic E-state index is -0.750. The van der Waals surface area contributed by atoms with Gasteiger partial charge in [-0.2, -0.15) is 8.42 Å². The molecule has 19 heavy (non-hydrogen) atoms. The molecule has 0 bridgehead atoms. The summed E-state index contributed by atoms with van der Waals surface area (Å²) in [6.07, 6.45) is 2.49. The van der Waals surface area contributed by atoms with Crippen molar-refractivity contribution in [2.75, 3.05) is 14.2 Å². The third-order valence-corrected chi connectivity index (χ3v) is 2.45. The molecule has 1 aliphatic carbocycles. The summed E-state index contributed by atoms with van der Waals surface area (Å²) < 4.78 is 26.7. The fourth-order valence-electron chi connectivity index (χ4n) is 1.71. The van der Waals surface area contributed by atoms with Crippen molar-refractivity contribution in [2.24, 2.45) is 0 Å². The first-order chi connectivity index (χ1) is 9.10. The Morgan fingerprint density at radius 3 is 1.42 bits per heavy atom. The number of rotatable bonds is 2. The molecule has 0 aliphatic heterocycles. The predicted molar refractivity (Wildman–Crippen MR) is 66.3 cm³/mol. The van der Waals surface area contributed by atoms with Crippen molar-refractivity contribution in [2.45, 2.75) is 0 Å². The maximum atomic E-state index is 11.7. The topological polar surface area (TPSA) is 86.7 Å². The van der Waals surface area contributed by atoms with Crippen molar-refractivity contribution >= 4 is 23.1 Å². The van der Waals surface area contributed by atoms with Crippen LogP contribution in [0.15, 0.2) is 24.3 Å². The second kappa shape index (κ2) is 6.60. The lowest BCUT2D eigenvalue weighted by atomic mass is 9.93. The average molecular weight is 282 g/mol. The summed E-state index contributed by atoms with van der Waals surface area (Å²) in [5.41, 5.74) is 0.545. The first-order valence-corrected chi connectivity index (χ1v) is 5.70. The van der Waals surface area contributed by atoms with E-state index >= 15 is 0 Å². The van der Waals surface area contributed by atoms with Gasteiger partial charge in [0, 0.05) is 0 Å². The van der Waals surface area contributed by atoms with E-state index in [1.807, 2.05) is 0 Å². The molecule has 0 unspecified atom stereocenters. The molecule has 100 valence electrons. The monoisotopic (exact) mass is 282 g/mol. The molecule has 1 aromatic carbocycles. The van der Waals surface area contributed by atoms with Crippen LogP contribution in [-0.4, -0.2) is 34.2 Å². The lowest BCUT2D eigenvalue weighted by Gasteiger charge is -2.15. The normalized spacial score (nSPS) is 12.1. The maximum Gasteiger partial charge on any atom is 0.335 e. The van der Waals surface area contributed by atoms with E-state index in [2.05, 4.69) is 0 Å². The number of ether oxygens (including phenoxy) is 2. The standard InChI is InChI=1S/C12H10O4.O2S/c1-15-9-5-6-10(16-2)12-8(14)4-3-7(13)11(9)12;1-3-2/h3-6H,1-2H3;. The number of allylic oxidation sites excluding steroid dienone is 2. The van der Waals surface area contributed by atoms with Crippen LogP contribution in [-0.2, 0) is 11.6 Å². The molecule has 7 heteroatoms. The number of hydrogen-bond donors (Lipinski definition) is 0. The van der Waals surface area contributed by atoms with Gasteiger partial charge in [-0.1, -0.05) is 0 Å². The van der Waals surface area contributed by atoms with Crippen molar-refractivity contribution < 1.29 is 27.5 Å². The van der Waals surface area contributed by atoms with E-state index < -0.39 is 11.6 Å². The number of methoxy groups -OCH3 is 2. The van der Waals surface area contributed by atoms with Crippen molar-refractivity contribution in [3.63, 3.8) is 0 Å². The van der Waals surface area contributed by atoms with Crippen molar-refractivity contribution in [3.8, 4) is 11.5 Å². The van der Waals surface area contributed by atoms with E-state index in [1.165, 1.54) is 26.4 Å². The van der Waals surface area contributed by atoms with Gasteiger partial charge >= 0.3 is 11.6 Å². The molecule has 1 aromatic rings. The Morgan fingerprint density at radius 1 is 0.842 bits per heavy atom. The van der Waals surface area contributed by atoms with Crippen LogP contribution in [0.1, 0.15) is 20.7 Å². The summed E-state index contributed by atoms with van der Waals surface area (Å²) in [4.78, 5) is 23.4. The summed E-state index contributed by atoms with van der Waals surface area (Å²) in [6.45, 7) is 0. The van der Waals surface area contributed by atoms with Gasteiger partial charge < -0.3 is 9.47 Å². The fourth-order valence-corrected chi connectivity index (χ4v) is 1.71. The predicted octanol–water partition coefficient (Wildman–Crippen LogP) is 0.969. The summed E-state index contributed by atoms with van der Waals surface area (Å²) in [5, 5.41) is 0. The van der Waals surface area contributed by atoms with Crippen LogP contribution < -0.4 is 9.47 Å². The highest BCUT2D eigenvalue weighted by molar-refractivity contribution is 7.51. The largest absolute Gasteiger partial charge is 0.496 e. The number of hydrogen-bond acceptors (Lipinski definition) is 6. The van der Waals surface area contributed by atoms with Crippen LogP contribution in [0.4, 0.5) is 0 Å². The van der Waals surface area contributed by atoms with Crippen LogP contribution >= 0.6 is 0 Å². The number of carbonyl (C=O) groups excluding carboxylic acids is 2. The van der Waals surface area contributed by atoms with Crippen LogP contribution in [0, 0.1) is 0 Å². The highest BCUT2D eigenvalue weighted by Crippen LogP contribution is 2.33. The van der Waals surface area contributed by atoms with Crippen LogP contribution in [0.2, 0.25) is 0 Å². The molecule has 0 spiro atoms. The van der Waals surface area contributed by atoms with E-state index in [0.29, 0.717) is 11.5 Å². The molecule has 0 saturated carbocycles. The van der Waals surface area contributed by atoms with Crippen molar-refractivity contribution in [3.05, 3.63) is 35.4 Å². The van der Waals surface area contributed by atoms with Gasteiger partial charge in [0.15, 0.2) is 11.6 Å². The molecular formula is C12H10O6S. The summed E-state index contributed by atoms with van der Waals surface area (Å²) >= 11 is -0.750. The van der Waals surface area contributed by atoms with Crippen molar-refractivity contribution in [1.29, 1.82) is 0 Å². The van der Waals surface area contributed by atoms with E-state index in [4.69, 9.17) is 17.9 Å². The van der Waals surface area contributed by atoms with E-state index in [0.717, 1.165) is 0 Å². The van der Waals surface area contributed by atoms with Crippen LogP contribution in [0.5, 0.6) is 11.5 Å². The second-order valence-corrected chi connectivity index (χ2v) is 3.49. The quantitative estimate of drug-likeness (QED) is 0.803. The molecule has 0 heterocycles. The van der Waals surface area contributed by atoms with Gasteiger partial charge in [-0.3, -0.25) is 9.59 Å². The number of benzene rings is 1. The Morgan fingerprint density at radius 2 is 1.16 bits per heavy atom. The van der Waals surface area contributed by atoms with Gasteiger partial charge in [0.2, 0.25) is 0 Å². The number of fused-ring (bicyclic) bond motifs is 1. The van der Waals surface area contributed by atoms with Crippen molar-refractivity contribution in [1.82, 2.24) is 0 Å². The molecule has 1 aliphatic rings. The zero-order chi connectivity index (χ0) is 14.4. The Balaban J connectivity index is 0.000000550. The lowest BCUT2D eigenvalue weighted by Crippen LogP contribution is -2.14. The fraction of sp³-hybridized carbons (Fsp3) is 0.167. The molecule has 2 rings (SSSR count). The minimum Gasteiger partial charge on any atom is -0.496 e. The zero-order valence-corrected chi connectivity index (χ0v) is 11.0. The highest BCUT2D eigenvalue weighted by atomic mass is 32.1. The molecule has 0 N–H and O–H groups in total. The zero-order valence-electron chi connectivity index (χ0n) is 10.2. The molecular weight excluding hydrogens is 272 g/mol. The first kappa shape index (κ1) is 14.8. The van der Waals surface area contributed by atoms with Crippen LogP contribution in [0.25, 0.3) is 0 Å². The molecule has 6 nitrogen and oxygen atoms in total. The summed E-state index contributed by atoms with van der Waals surface area (Å²) in [6, 6.07) is 3.23. The smallest absolute Gasteiger partial charge is 0.335 e. The van der Waals surface area contributed by atoms with Gasteiger partial charge in [0.25, 0.3) is 0 Å². The summed E-state index contributed by atoms with van der Waals surface area (Å²) in [5.74, 6) is 0.285. The summed E-state index contributed by atoms with van der Waals surface area (Å²) in [7, 11) is 2.91. The Bertz CT molecular complexity index is 539. The number of ketones is 2. The lowest BCUT2D eigenvalue weighted by molar-refractivity contribution is 0.0989. The third-order valence-electron chi connectivity index (χ3n) is 2.45. The Kier molecular flexibility index (Phi) is 5.13. The van der Waals surface area contributed by atoms with E-state index in [9.17, 15) is 9.59 Å². The molecule has 0 amide bonds. The van der Waals surface area contributed by atoms with Gasteiger partial charge in [0.05, 0.1) is 25.3 Å². The SMILES string of the molecule is COc1ccc(OC)c2c1C(=O)C=CC2=O.O=S=O. The minimum absolute atomic E-state index is 0.245. The van der Waals surface area contributed by atoms with Gasteiger partial charge in [-0.25, -0.2) is 0 Å². The molecule has 0 saturated heterocycles. The molecule has 0 atom stereocenters. The Labute approximate surface area is 112 Å². The first-order valence-electron chi connectivity index (χ1n) is 5.04. The molecule has 0 aromatic heterocycles. The number of carbonyl (C=O) groups is 2. The van der Waals surface area contributed by atoms with Gasteiger partial charge in [0.1, 0.15) is 11.5 Å². The highest BCUT2D eigenvalue weighted by Gasteiger charge is 2.26. The average Bonchev–Trinajstić information content (AvgIpc) is 2.42. The molecule has 0 fully saturated rings.